The molecule has 298 valence electrons. The molecule has 2 aliphatic heterocycles. The molecule has 0 unspecified atom stereocenters. The fourth-order valence-electron chi connectivity index (χ4n) is 8.21. The Labute approximate surface area is 378 Å². The molecule has 0 spiro atoms. The number of anilines is 4. The third-order valence-electron chi connectivity index (χ3n) is 10.9. The molecule has 63 heavy (non-hydrogen) atoms. The number of nitrogens with zero attached hydrogens (tertiary/aromatic N) is 5. The van der Waals surface area contributed by atoms with Crippen LogP contribution in [0.15, 0.2) is 218 Å². The molecule has 9 heteroatoms. The van der Waals surface area contributed by atoms with Crippen LogP contribution in [0.2, 0.25) is 0 Å². The van der Waals surface area contributed by atoms with Crippen LogP contribution in [0.4, 0.5) is 22.9 Å². The normalized spacial score (nSPS) is 14.8. The van der Waals surface area contributed by atoms with Gasteiger partial charge in [-0.1, -0.05) is 139 Å². The highest BCUT2D eigenvalue weighted by atomic mass is 16.5. The molecule has 12 rings (SSSR count). The fraction of sp³-hybridized carbons (Fsp3) is 0. The summed E-state index contributed by atoms with van der Waals surface area (Å²) in [4.78, 5) is 8.92. The highest BCUT2D eigenvalue weighted by Gasteiger charge is 2.49. The number of fused-ring (bicyclic) bond motifs is 7. The van der Waals surface area contributed by atoms with Gasteiger partial charge in [0.25, 0.3) is 6.33 Å². The Kier molecular flexibility index (Phi) is 6.58. The summed E-state index contributed by atoms with van der Waals surface area (Å²) in [5.74, 6) is 3.41. The molecule has 0 N–H and O–H groups in total. The Balaban J connectivity index is 0.973. The summed E-state index contributed by atoms with van der Waals surface area (Å²) in [6.45, 7) is 0. The van der Waals surface area contributed by atoms with Crippen LogP contribution in [0.3, 0.4) is 0 Å². The van der Waals surface area contributed by atoms with Crippen LogP contribution in [0.1, 0.15) is 13.7 Å². The molecule has 0 radical (unpaired) electrons. The van der Waals surface area contributed by atoms with Crippen molar-refractivity contribution in [3.63, 3.8) is 0 Å². The van der Waals surface area contributed by atoms with Crippen molar-refractivity contribution >= 4 is 41.1 Å². The van der Waals surface area contributed by atoms with Gasteiger partial charge in [0.15, 0.2) is 5.75 Å². The minimum Gasteiger partial charge on any atom is -0.520 e. The molecule has 0 atom stereocenters. The zero-order valence-corrected chi connectivity index (χ0v) is 33.0. The minimum atomic E-state index is -0.717. The van der Waals surface area contributed by atoms with Gasteiger partial charge in [-0.15, -0.1) is 0 Å². The number of aromatic nitrogens is 3. The lowest BCUT2D eigenvalue weighted by molar-refractivity contribution is -0.571. The van der Waals surface area contributed by atoms with E-state index in [1.54, 1.807) is 39.6 Å². The maximum atomic E-state index is 9.02. The predicted molar refractivity (Wildman–Crippen MR) is 249 cm³/mol. The Morgan fingerprint density at radius 1 is 0.571 bits per heavy atom. The van der Waals surface area contributed by atoms with Crippen LogP contribution < -0.4 is 28.3 Å². The molecule has 0 saturated heterocycles. The van der Waals surface area contributed by atoms with Gasteiger partial charge < -0.3 is 23.7 Å². The smallest absolute Gasteiger partial charge is 0.520 e. The van der Waals surface area contributed by atoms with Crippen molar-refractivity contribution in [2.45, 2.75) is 0 Å². The molecule has 0 aliphatic carbocycles. The number of pyridine rings is 1. The molecule has 8 aromatic carbocycles. The SMILES string of the molecule is [2H]c1c([2H])c([2H])c(-c2cccc(-c3c([2H])c([2H])c([2H])c([2H])c3[2H])c2-[n+]2[c-]n(-c3cccc(Oc4cccc(N5B6Oc7ccccc7Oc7ccccc7N6c6cccnc65)c4)c3)c3ccccc32)c([2H])c1[2H]. The average molecular weight is 824 g/mol. The van der Waals surface area contributed by atoms with Crippen molar-refractivity contribution in [3.8, 4) is 62.4 Å². The number of rotatable bonds is 7. The second-order valence-corrected chi connectivity index (χ2v) is 14.6. The van der Waals surface area contributed by atoms with Gasteiger partial charge in [0.05, 0.1) is 47.5 Å². The van der Waals surface area contributed by atoms with Gasteiger partial charge in [0, 0.05) is 18.0 Å². The van der Waals surface area contributed by atoms with Crippen molar-refractivity contribution in [3.05, 3.63) is 225 Å². The number of ether oxygens (including phenoxy) is 2. The third kappa shape index (κ3) is 6.33. The van der Waals surface area contributed by atoms with Crippen LogP contribution in [0, 0.1) is 6.33 Å². The van der Waals surface area contributed by atoms with Crippen molar-refractivity contribution in [1.82, 2.24) is 9.55 Å². The number of para-hydroxylation sites is 7. The second kappa shape index (κ2) is 15.2. The summed E-state index contributed by atoms with van der Waals surface area (Å²) in [6, 6.07) is 40.9. The first-order valence-electron chi connectivity index (χ1n) is 25.1. The van der Waals surface area contributed by atoms with Gasteiger partial charge in [0.1, 0.15) is 28.8 Å². The van der Waals surface area contributed by atoms with E-state index in [0.717, 1.165) is 17.1 Å². The third-order valence-corrected chi connectivity index (χ3v) is 10.9. The van der Waals surface area contributed by atoms with E-state index in [2.05, 4.69) is 11.1 Å². The summed E-state index contributed by atoms with van der Waals surface area (Å²) < 4.78 is 110. The highest BCUT2D eigenvalue weighted by molar-refractivity contribution is 6.68. The van der Waals surface area contributed by atoms with E-state index in [-0.39, 0.29) is 27.9 Å². The first-order valence-corrected chi connectivity index (χ1v) is 20.1. The van der Waals surface area contributed by atoms with E-state index in [9.17, 15) is 0 Å². The molecular formula is C54H36BN5O3. The molecule has 8 nitrogen and oxygen atoms in total. The molecule has 2 aliphatic rings. The largest absolute Gasteiger partial charge is 0.629 e. The maximum absolute atomic E-state index is 9.02. The summed E-state index contributed by atoms with van der Waals surface area (Å²) >= 11 is 0. The Morgan fingerprint density at radius 3 is 1.95 bits per heavy atom. The van der Waals surface area contributed by atoms with E-state index in [4.69, 9.17) is 32.8 Å². The lowest BCUT2D eigenvalue weighted by Crippen LogP contribution is -2.49. The Morgan fingerprint density at radius 2 is 1.19 bits per heavy atom. The first kappa shape index (κ1) is 27.3. The van der Waals surface area contributed by atoms with Crippen LogP contribution >= 0.6 is 0 Å². The molecule has 0 saturated carbocycles. The van der Waals surface area contributed by atoms with E-state index < -0.39 is 67.6 Å². The molecular weight excluding hydrogens is 777 g/mol. The molecule has 0 amide bonds. The van der Waals surface area contributed by atoms with Crippen molar-refractivity contribution in [2.75, 3.05) is 9.62 Å². The number of hydrogen-bond acceptors (Lipinski definition) is 6. The molecule has 4 heterocycles. The molecule has 2 aromatic heterocycles. The minimum absolute atomic E-state index is 0.142. The van der Waals surface area contributed by atoms with Gasteiger partial charge in [0.2, 0.25) is 0 Å². The van der Waals surface area contributed by atoms with Crippen LogP contribution in [0.5, 0.6) is 28.7 Å². The maximum Gasteiger partial charge on any atom is 0.629 e. The van der Waals surface area contributed by atoms with Crippen LogP contribution in [-0.4, -0.2) is 16.7 Å². The highest BCUT2D eigenvalue weighted by Crippen LogP contribution is 2.51. The van der Waals surface area contributed by atoms with Gasteiger partial charge in [-0.2, -0.15) is 0 Å². The summed E-state index contributed by atoms with van der Waals surface area (Å²) in [5, 5.41) is 0. The van der Waals surface area contributed by atoms with E-state index in [1.165, 1.54) is 0 Å². The number of imidazole rings is 1. The molecule has 0 bridgehead atoms. The Bertz CT molecular complexity index is 3790. The molecule has 0 fully saturated rings. The topological polar surface area (TPSA) is 55.9 Å². The average Bonchev–Trinajstić information content (AvgIpc) is 3.95. The van der Waals surface area contributed by atoms with Gasteiger partial charge in [-0.3, -0.25) is 9.13 Å². The lowest BCUT2D eigenvalue weighted by atomic mass is 9.93. The first-order chi connectivity index (χ1) is 35.4. The van der Waals surface area contributed by atoms with Gasteiger partial charge in [-0.05, 0) is 89.0 Å². The summed E-state index contributed by atoms with van der Waals surface area (Å²) in [5.41, 5.74) is 4.28. The molecule has 10 aromatic rings. The predicted octanol–water partition coefficient (Wildman–Crippen LogP) is 12.7. The van der Waals surface area contributed by atoms with Crippen LogP contribution in [-0.2, 0) is 0 Å². The number of hydrogen-bond donors (Lipinski definition) is 0. The van der Waals surface area contributed by atoms with Gasteiger partial charge >= 0.3 is 7.19 Å². The lowest BCUT2D eigenvalue weighted by Gasteiger charge is -2.31. The Hall–Kier alpha value is -8.56. The zero-order valence-electron chi connectivity index (χ0n) is 43.0. The van der Waals surface area contributed by atoms with Crippen molar-refractivity contribution < 1.29 is 32.4 Å². The van der Waals surface area contributed by atoms with Crippen LogP contribution in [0.25, 0.3) is 44.7 Å². The van der Waals surface area contributed by atoms with Crippen molar-refractivity contribution in [1.29, 1.82) is 0 Å². The standard InChI is InChI=1S/C54H36BN5O3/c1-3-17-38(18-4-1)44-25-15-26-45(39-19-5-2-6-20-39)53(44)58-37-57(46-27-7-8-28-47(46)58)40-21-13-23-42(35-40)61-43-24-14-22-41(36-43)59-54-49(30-16-34-56-54)60-48-29-9-10-31-50(48)62-51-32-11-12-33-52(51)63-55(59)60/h1-36H/i1D,2D,3D,4D,5D,6D,17D,18D,19D,20D. The van der Waals surface area contributed by atoms with Crippen molar-refractivity contribution in [2.24, 2.45) is 0 Å². The summed E-state index contributed by atoms with van der Waals surface area (Å²) in [6.07, 6.45) is 5.17. The zero-order chi connectivity index (χ0) is 50.4. The van der Waals surface area contributed by atoms with E-state index in [0.29, 0.717) is 51.3 Å². The second-order valence-electron chi connectivity index (χ2n) is 14.6. The fourth-order valence-corrected chi connectivity index (χ4v) is 8.21. The van der Waals surface area contributed by atoms with E-state index >= 15 is 0 Å². The van der Waals surface area contributed by atoms with E-state index in [1.807, 2.05) is 132 Å². The monoisotopic (exact) mass is 823 g/mol. The number of benzene rings is 8. The summed E-state index contributed by atoms with van der Waals surface area (Å²) in [7, 11) is -0.717. The quantitative estimate of drug-likeness (QED) is 0.0906. The van der Waals surface area contributed by atoms with Gasteiger partial charge in [-0.25, -0.2) is 4.98 Å².